The number of benzene rings is 1. The minimum Gasteiger partial charge on any atom is -0.390 e. The number of aliphatic hydroxyl groups is 1. The number of anilines is 1. The lowest BCUT2D eigenvalue weighted by Crippen LogP contribution is -2.32. The summed E-state index contributed by atoms with van der Waals surface area (Å²) in [6.45, 7) is 10.1. The van der Waals surface area contributed by atoms with Gasteiger partial charge in [0.15, 0.2) is 0 Å². The summed E-state index contributed by atoms with van der Waals surface area (Å²) in [5.74, 6) is 0.490. The largest absolute Gasteiger partial charge is 0.390 e. The average Bonchev–Trinajstić information content (AvgIpc) is 3.29. The molecular formula is C23H28N4O2. The average molecular weight is 393 g/mol. The van der Waals surface area contributed by atoms with Gasteiger partial charge in [0.1, 0.15) is 5.82 Å². The standard InChI is InChI=1S/C23H28N4O2/c1-14(2)27-11-19-9-23(19,13-27)18-6-4-16(5-7-18)17-8-20(21(24)25-10-17)22(29)26-15(3)12-28/h4-8,10,14,19,28H,3,9,11-13H2,1-2H3,(H2,24,25)(H,26,29)/t19-,23+/m1/s1. The minimum absolute atomic E-state index is 0.146. The number of hydrogen-bond acceptors (Lipinski definition) is 5. The first-order chi connectivity index (χ1) is 13.8. The van der Waals surface area contributed by atoms with Crippen LogP contribution in [0, 0.1) is 5.92 Å². The van der Waals surface area contributed by atoms with Crippen molar-refractivity contribution >= 4 is 11.7 Å². The van der Waals surface area contributed by atoms with Crippen molar-refractivity contribution in [1.82, 2.24) is 15.2 Å². The second kappa shape index (κ2) is 7.28. The molecule has 1 saturated carbocycles. The van der Waals surface area contributed by atoms with Gasteiger partial charge in [-0.1, -0.05) is 30.8 Å². The second-order valence-electron chi connectivity index (χ2n) is 8.53. The van der Waals surface area contributed by atoms with Gasteiger partial charge >= 0.3 is 0 Å². The van der Waals surface area contributed by atoms with Gasteiger partial charge in [-0.05, 0) is 43.4 Å². The Labute approximate surface area is 171 Å². The van der Waals surface area contributed by atoms with E-state index in [1.54, 1.807) is 12.3 Å². The molecule has 6 nitrogen and oxygen atoms in total. The van der Waals surface area contributed by atoms with E-state index in [4.69, 9.17) is 10.8 Å². The Morgan fingerprint density at radius 1 is 1.38 bits per heavy atom. The van der Waals surface area contributed by atoms with Crippen molar-refractivity contribution in [3.8, 4) is 11.1 Å². The molecule has 29 heavy (non-hydrogen) atoms. The molecule has 152 valence electrons. The first-order valence-electron chi connectivity index (χ1n) is 10.0. The highest BCUT2D eigenvalue weighted by molar-refractivity contribution is 6.00. The summed E-state index contributed by atoms with van der Waals surface area (Å²) in [4.78, 5) is 19.1. The zero-order chi connectivity index (χ0) is 20.8. The lowest BCUT2D eigenvalue weighted by Gasteiger charge is -2.24. The maximum absolute atomic E-state index is 12.4. The Hall–Kier alpha value is -2.70. The molecule has 4 N–H and O–H groups in total. The SMILES string of the molecule is C=C(CO)NC(=O)c1cc(-c2ccc([C@@]34C[C@@H]3CN(C(C)C)C4)cc2)cnc1N. The van der Waals surface area contributed by atoms with Crippen molar-refractivity contribution in [2.45, 2.75) is 31.7 Å². The summed E-state index contributed by atoms with van der Waals surface area (Å²) in [5.41, 5.74) is 9.90. The Morgan fingerprint density at radius 2 is 2.10 bits per heavy atom. The van der Waals surface area contributed by atoms with E-state index in [-0.39, 0.29) is 23.7 Å². The van der Waals surface area contributed by atoms with E-state index in [0.717, 1.165) is 23.6 Å². The lowest BCUT2D eigenvalue weighted by molar-refractivity contribution is 0.0961. The molecule has 1 aromatic carbocycles. The zero-order valence-corrected chi connectivity index (χ0v) is 17.0. The molecule has 2 heterocycles. The molecule has 1 aromatic heterocycles. The van der Waals surface area contributed by atoms with Crippen LogP contribution in [0.1, 0.15) is 36.2 Å². The van der Waals surface area contributed by atoms with Crippen molar-refractivity contribution in [1.29, 1.82) is 0 Å². The number of rotatable bonds is 6. The Morgan fingerprint density at radius 3 is 2.72 bits per heavy atom. The van der Waals surface area contributed by atoms with Gasteiger partial charge in [0.2, 0.25) is 0 Å². The van der Waals surface area contributed by atoms with Crippen LogP contribution in [0.25, 0.3) is 11.1 Å². The van der Waals surface area contributed by atoms with Crippen molar-refractivity contribution in [3.05, 3.63) is 59.9 Å². The van der Waals surface area contributed by atoms with Crippen molar-refractivity contribution in [3.63, 3.8) is 0 Å². The summed E-state index contributed by atoms with van der Waals surface area (Å²) in [6.07, 6.45) is 2.95. The number of nitrogens with zero attached hydrogens (tertiary/aromatic N) is 2. The van der Waals surface area contributed by atoms with E-state index in [2.05, 4.69) is 59.9 Å². The van der Waals surface area contributed by atoms with Crippen LogP contribution in [0.15, 0.2) is 48.8 Å². The molecule has 1 aliphatic carbocycles. The monoisotopic (exact) mass is 392 g/mol. The number of nitrogens with two attached hydrogens (primary N) is 1. The third-order valence-electron chi connectivity index (χ3n) is 6.34. The molecule has 6 heteroatoms. The third-order valence-corrected chi connectivity index (χ3v) is 6.34. The summed E-state index contributed by atoms with van der Waals surface area (Å²) >= 11 is 0. The molecule has 2 aromatic rings. The topological polar surface area (TPSA) is 91.5 Å². The maximum atomic E-state index is 12.4. The van der Waals surface area contributed by atoms with Crippen molar-refractivity contribution < 1.29 is 9.90 Å². The highest BCUT2D eigenvalue weighted by Crippen LogP contribution is 2.59. The van der Waals surface area contributed by atoms with E-state index in [1.165, 1.54) is 18.5 Å². The summed E-state index contributed by atoms with van der Waals surface area (Å²) in [5, 5.41) is 11.6. The normalized spacial score (nSPS) is 23.1. The van der Waals surface area contributed by atoms with Crippen LogP contribution in [-0.4, -0.2) is 46.6 Å². The van der Waals surface area contributed by atoms with Gasteiger partial charge in [-0.2, -0.15) is 0 Å². The molecule has 1 saturated heterocycles. The van der Waals surface area contributed by atoms with Crippen LogP contribution in [0.3, 0.4) is 0 Å². The lowest BCUT2D eigenvalue weighted by atomic mass is 9.93. The van der Waals surface area contributed by atoms with Crippen LogP contribution >= 0.6 is 0 Å². The molecule has 0 unspecified atom stereocenters. The Kier molecular flexibility index (Phi) is 4.92. The molecule has 4 rings (SSSR count). The number of pyridine rings is 1. The number of likely N-dealkylation sites (tertiary alicyclic amines) is 1. The predicted octanol–water partition coefficient (Wildman–Crippen LogP) is 2.55. The van der Waals surface area contributed by atoms with Crippen LogP contribution in [0.2, 0.25) is 0 Å². The number of carbonyl (C=O) groups is 1. The van der Waals surface area contributed by atoms with Gasteiger partial charge in [0, 0.05) is 42.0 Å². The summed E-state index contributed by atoms with van der Waals surface area (Å²) in [6, 6.07) is 10.9. The van der Waals surface area contributed by atoms with Gasteiger partial charge in [0.25, 0.3) is 5.91 Å². The van der Waals surface area contributed by atoms with E-state index in [9.17, 15) is 4.79 Å². The first-order valence-corrected chi connectivity index (χ1v) is 10.0. The third kappa shape index (κ3) is 3.54. The van der Waals surface area contributed by atoms with Crippen molar-refractivity contribution in [2.75, 3.05) is 25.4 Å². The van der Waals surface area contributed by atoms with Gasteiger partial charge in [-0.3, -0.25) is 9.69 Å². The van der Waals surface area contributed by atoms with E-state index in [1.807, 2.05) is 0 Å². The number of carbonyl (C=O) groups excluding carboxylic acids is 1. The fourth-order valence-corrected chi connectivity index (χ4v) is 4.44. The van der Waals surface area contributed by atoms with Crippen molar-refractivity contribution in [2.24, 2.45) is 5.92 Å². The molecule has 2 aliphatic rings. The number of aliphatic hydroxyl groups excluding tert-OH is 1. The smallest absolute Gasteiger partial charge is 0.259 e. The van der Waals surface area contributed by atoms with E-state index < -0.39 is 5.91 Å². The number of amides is 1. The molecule has 0 spiro atoms. The Balaban J connectivity index is 1.55. The molecule has 2 fully saturated rings. The minimum atomic E-state index is -0.424. The van der Waals surface area contributed by atoms with Crippen LogP contribution in [-0.2, 0) is 5.41 Å². The van der Waals surface area contributed by atoms with Crippen LogP contribution in [0.4, 0.5) is 5.82 Å². The molecular weight excluding hydrogens is 364 g/mol. The van der Waals surface area contributed by atoms with E-state index >= 15 is 0 Å². The van der Waals surface area contributed by atoms with Gasteiger partial charge in [0.05, 0.1) is 12.2 Å². The maximum Gasteiger partial charge on any atom is 0.259 e. The van der Waals surface area contributed by atoms with Gasteiger partial charge in [-0.15, -0.1) is 0 Å². The van der Waals surface area contributed by atoms with Crippen LogP contribution in [0.5, 0.6) is 0 Å². The van der Waals surface area contributed by atoms with E-state index in [0.29, 0.717) is 11.5 Å². The number of aromatic nitrogens is 1. The fourth-order valence-electron chi connectivity index (χ4n) is 4.44. The molecule has 1 aliphatic heterocycles. The highest BCUT2D eigenvalue weighted by Gasteiger charge is 2.60. The van der Waals surface area contributed by atoms with Gasteiger partial charge < -0.3 is 16.2 Å². The zero-order valence-electron chi connectivity index (χ0n) is 17.0. The number of nitrogen functional groups attached to an aromatic ring is 1. The van der Waals surface area contributed by atoms with Gasteiger partial charge in [-0.25, -0.2) is 4.98 Å². The predicted molar refractivity (Wildman–Crippen MR) is 114 cm³/mol. The summed E-state index contributed by atoms with van der Waals surface area (Å²) < 4.78 is 0. The number of hydrogen-bond donors (Lipinski definition) is 3. The quantitative estimate of drug-likeness (QED) is 0.703. The highest BCUT2D eigenvalue weighted by atomic mass is 16.3. The molecule has 0 radical (unpaired) electrons. The summed E-state index contributed by atoms with van der Waals surface area (Å²) in [7, 11) is 0. The number of nitrogens with one attached hydrogen (secondary N) is 1. The first kappa shape index (κ1) is 19.6. The molecule has 1 amide bonds. The number of piperidine rings is 1. The molecule has 0 bridgehead atoms. The number of fused-ring (bicyclic) bond motifs is 1. The fraction of sp³-hybridized carbons (Fsp3) is 0.391. The Bertz CT molecular complexity index is 954. The second-order valence-corrected chi connectivity index (χ2v) is 8.53. The molecule has 2 atom stereocenters. The van der Waals surface area contributed by atoms with Crippen LogP contribution < -0.4 is 11.1 Å².